The number of anilines is 1. The molecule has 0 unspecified atom stereocenters. The Morgan fingerprint density at radius 3 is 3.00 bits per heavy atom. The van der Waals surface area contributed by atoms with Gasteiger partial charge in [0.25, 0.3) is 0 Å². The molecule has 8 heteroatoms. The molecule has 19 heavy (non-hydrogen) atoms. The molecular formula is C11H13N3O3S2. The average molecular weight is 299 g/mol. The topological polar surface area (TPSA) is 84.1 Å². The van der Waals surface area contributed by atoms with Crippen molar-refractivity contribution < 1.29 is 9.53 Å². The van der Waals surface area contributed by atoms with Crippen LogP contribution in [0.5, 0.6) is 0 Å². The lowest BCUT2D eigenvalue weighted by Crippen LogP contribution is -2.08. The third-order valence-electron chi connectivity index (χ3n) is 2.18. The molecule has 0 amide bonds. The molecule has 2 aromatic heterocycles. The fraction of sp³-hybridized carbons (Fsp3) is 0.364. The second kappa shape index (κ2) is 6.48. The van der Waals surface area contributed by atoms with Gasteiger partial charge in [-0.05, 0) is 6.92 Å². The minimum atomic E-state index is -0.276. The number of esters is 1. The molecule has 0 saturated carbocycles. The van der Waals surface area contributed by atoms with Crippen molar-refractivity contribution >= 4 is 33.8 Å². The van der Waals surface area contributed by atoms with Gasteiger partial charge in [0.15, 0.2) is 5.13 Å². The van der Waals surface area contributed by atoms with Gasteiger partial charge in [0.05, 0.1) is 25.3 Å². The van der Waals surface area contributed by atoms with Crippen molar-refractivity contribution in [1.29, 1.82) is 0 Å². The van der Waals surface area contributed by atoms with Gasteiger partial charge in [0, 0.05) is 16.5 Å². The van der Waals surface area contributed by atoms with Crippen LogP contribution in [0.15, 0.2) is 15.6 Å². The first-order valence-corrected chi connectivity index (χ1v) is 7.44. The molecule has 0 aliphatic rings. The lowest BCUT2D eigenvalue weighted by molar-refractivity contribution is -0.142. The molecule has 0 aromatic carbocycles. The largest absolute Gasteiger partial charge is 0.466 e. The number of carbonyl (C=O) groups is 1. The Hall–Kier alpha value is -1.67. The number of hydrogen-bond donors (Lipinski definition) is 2. The quantitative estimate of drug-likeness (QED) is 0.792. The number of carbonyl (C=O) groups excluding carboxylic acids is 1. The van der Waals surface area contributed by atoms with E-state index in [2.05, 4.69) is 15.3 Å². The Kier molecular flexibility index (Phi) is 4.69. The van der Waals surface area contributed by atoms with E-state index >= 15 is 0 Å². The first-order chi connectivity index (χ1) is 9.17. The van der Waals surface area contributed by atoms with Gasteiger partial charge in [0.1, 0.15) is 0 Å². The molecule has 0 radical (unpaired) electrons. The zero-order valence-corrected chi connectivity index (χ0v) is 11.9. The number of aromatic nitrogens is 2. The van der Waals surface area contributed by atoms with Crippen LogP contribution < -0.4 is 10.2 Å². The standard InChI is InChI=1S/C11H13N3O3S2/c1-2-17-9(15)3-7-5-18-10(13-7)12-4-8-6-19-11(16)14-8/h5-6H,2-4H2,1H3,(H,12,13)(H,14,16). The average Bonchev–Trinajstić information content (AvgIpc) is 2.96. The van der Waals surface area contributed by atoms with E-state index < -0.39 is 0 Å². The molecular weight excluding hydrogens is 286 g/mol. The minimum Gasteiger partial charge on any atom is -0.466 e. The number of aromatic amines is 1. The summed E-state index contributed by atoms with van der Waals surface area (Å²) in [4.78, 5) is 29.2. The Labute approximate surface area is 117 Å². The number of ether oxygens (including phenoxy) is 1. The predicted octanol–water partition coefficient (Wildman–Crippen LogP) is 1.61. The highest BCUT2D eigenvalue weighted by atomic mass is 32.1. The Balaban J connectivity index is 1.87. The van der Waals surface area contributed by atoms with Gasteiger partial charge in [-0.2, -0.15) is 0 Å². The van der Waals surface area contributed by atoms with Gasteiger partial charge in [-0.15, -0.1) is 11.3 Å². The summed E-state index contributed by atoms with van der Waals surface area (Å²) in [6.45, 7) is 2.65. The Bertz CT molecular complexity index is 602. The van der Waals surface area contributed by atoms with Crippen molar-refractivity contribution in [3.05, 3.63) is 31.8 Å². The molecule has 0 saturated heterocycles. The molecule has 6 nitrogen and oxygen atoms in total. The van der Waals surface area contributed by atoms with Gasteiger partial charge in [0.2, 0.25) is 0 Å². The van der Waals surface area contributed by atoms with E-state index in [9.17, 15) is 9.59 Å². The summed E-state index contributed by atoms with van der Waals surface area (Å²) < 4.78 is 4.85. The van der Waals surface area contributed by atoms with Crippen molar-refractivity contribution in [3.8, 4) is 0 Å². The Morgan fingerprint density at radius 2 is 2.32 bits per heavy atom. The van der Waals surface area contributed by atoms with Crippen molar-refractivity contribution in [3.63, 3.8) is 0 Å². The first kappa shape index (κ1) is 13.8. The van der Waals surface area contributed by atoms with Gasteiger partial charge in [-0.25, -0.2) is 4.98 Å². The summed E-state index contributed by atoms with van der Waals surface area (Å²) in [5.41, 5.74) is 1.50. The molecule has 0 spiro atoms. The van der Waals surface area contributed by atoms with Crippen LogP contribution in [0.4, 0.5) is 5.13 Å². The smallest absolute Gasteiger partial charge is 0.311 e. The molecule has 0 aliphatic carbocycles. The van der Waals surface area contributed by atoms with Crippen molar-refractivity contribution in [1.82, 2.24) is 9.97 Å². The summed E-state index contributed by atoms with van der Waals surface area (Å²) in [6.07, 6.45) is 0.182. The molecule has 2 rings (SSSR count). The Morgan fingerprint density at radius 1 is 1.47 bits per heavy atom. The van der Waals surface area contributed by atoms with E-state index in [0.717, 1.165) is 17.0 Å². The fourth-order valence-electron chi connectivity index (χ4n) is 1.40. The highest BCUT2D eigenvalue weighted by Gasteiger charge is 2.08. The molecule has 0 aliphatic heterocycles. The van der Waals surface area contributed by atoms with Crippen LogP contribution in [0.2, 0.25) is 0 Å². The van der Waals surface area contributed by atoms with Crippen LogP contribution in [0.25, 0.3) is 0 Å². The third-order valence-corrected chi connectivity index (χ3v) is 3.75. The monoisotopic (exact) mass is 299 g/mol. The summed E-state index contributed by atoms with van der Waals surface area (Å²) in [6, 6.07) is 0. The number of H-pyrrole nitrogens is 1. The zero-order chi connectivity index (χ0) is 13.7. The molecule has 2 aromatic rings. The SMILES string of the molecule is CCOC(=O)Cc1csc(NCc2csc(=O)[nH]2)n1. The van der Waals surface area contributed by atoms with Crippen LogP contribution in [0.1, 0.15) is 18.3 Å². The maximum Gasteiger partial charge on any atom is 0.311 e. The molecule has 102 valence electrons. The van der Waals surface area contributed by atoms with E-state index in [4.69, 9.17) is 4.74 Å². The minimum absolute atomic E-state index is 0.0704. The number of rotatable bonds is 6. The van der Waals surface area contributed by atoms with E-state index in [0.29, 0.717) is 24.0 Å². The predicted molar refractivity (Wildman–Crippen MR) is 74.7 cm³/mol. The summed E-state index contributed by atoms with van der Waals surface area (Å²) in [7, 11) is 0. The first-order valence-electron chi connectivity index (χ1n) is 5.68. The molecule has 0 atom stereocenters. The molecule has 0 bridgehead atoms. The van der Waals surface area contributed by atoms with Crippen LogP contribution in [0.3, 0.4) is 0 Å². The van der Waals surface area contributed by atoms with E-state index in [1.165, 1.54) is 11.3 Å². The molecule has 2 N–H and O–H groups in total. The summed E-state index contributed by atoms with van der Waals surface area (Å²) in [5, 5.41) is 7.39. The highest BCUT2D eigenvalue weighted by molar-refractivity contribution is 7.13. The van der Waals surface area contributed by atoms with Crippen LogP contribution >= 0.6 is 22.7 Å². The maximum atomic E-state index is 11.3. The van der Waals surface area contributed by atoms with E-state index in [-0.39, 0.29) is 17.3 Å². The van der Waals surface area contributed by atoms with E-state index in [1.54, 1.807) is 12.3 Å². The highest BCUT2D eigenvalue weighted by Crippen LogP contribution is 2.16. The third kappa shape index (κ3) is 4.18. The number of thiazole rings is 2. The number of nitrogens with zero attached hydrogens (tertiary/aromatic N) is 1. The molecule has 2 heterocycles. The number of nitrogens with one attached hydrogen (secondary N) is 2. The fourth-order valence-corrected chi connectivity index (χ4v) is 2.69. The van der Waals surface area contributed by atoms with Crippen LogP contribution in [-0.2, 0) is 22.5 Å². The second-order valence-electron chi connectivity index (χ2n) is 3.65. The lowest BCUT2D eigenvalue weighted by atomic mass is 10.3. The van der Waals surface area contributed by atoms with Crippen molar-refractivity contribution in [2.24, 2.45) is 0 Å². The van der Waals surface area contributed by atoms with Crippen LogP contribution in [-0.4, -0.2) is 22.5 Å². The van der Waals surface area contributed by atoms with Gasteiger partial charge in [-0.1, -0.05) is 11.3 Å². The second-order valence-corrected chi connectivity index (χ2v) is 5.35. The lowest BCUT2D eigenvalue weighted by Gasteiger charge is -1.99. The van der Waals surface area contributed by atoms with E-state index in [1.807, 2.05) is 5.38 Å². The van der Waals surface area contributed by atoms with Gasteiger partial charge in [-0.3, -0.25) is 9.59 Å². The number of hydrogen-bond acceptors (Lipinski definition) is 7. The normalized spacial score (nSPS) is 10.4. The van der Waals surface area contributed by atoms with Crippen LogP contribution in [0, 0.1) is 0 Å². The summed E-state index contributed by atoms with van der Waals surface area (Å²) in [5.74, 6) is -0.276. The van der Waals surface area contributed by atoms with Crippen molar-refractivity contribution in [2.45, 2.75) is 19.9 Å². The summed E-state index contributed by atoms with van der Waals surface area (Å²) >= 11 is 2.55. The zero-order valence-electron chi connectivity index (χ0n) is 10.3. The van der Waals surface area contributed by atoms with Gasteiger partial charge < -0.3 is 15.0 Å². The maximum absolute atomic E-state index is 11.3. The molecule has 0 fully saturated rings. The van der Waals surface area contributed by atoms with Crippen molar-refractivity contribution in [2.75, 3.05) is 11.9 Å². The van der Waals surface area contributed by atoms with Gasteiger partial charge >= 0.3 is 10.8 Å².